The van der Waals surface area contributed by atoms with Crippen molar-refractivity contribution in [1.29, 1.82) is 0 Å². The molecule has 0 radical (unpaired) electrons. The number of hydrogen-bond acceptors (Lipinski definition) is 2. The summed E-state index contributed by atoms with van der Waals surface area (Å²) in [6.45, 7) is 0. The summed E-state index contributed by atoms with van der Waals surface area (Å²) < 4.78 is 8.59. The van der Waals surface area contributed by atoms with E-state index in [1.807, 2.05) is 0 Å². The van der Waals surface area contributed by atoms with Crippen molar-refractivity contribution in [2.45, 2.75) is 24.5 Å². The molecule has 51 heavy (non-hydrogen) atoms. The summed E-state index contributed by atoms with van der Waals surface area (Å²) in [5.41, 5.74) is 11.0. The number of fused-ring (bicyclic) bond motifs is 9. The molecule has 0 amide bonds. The van der Waals surface area contributed by atoms with Gasteiger partial charge in [-0.2, -0.15) is 0 Å². The number of likely N-dealkylation sites (tertiary alicyclic amines) is 1. The molecule has 4 aliphatic rings. The van der Waals surface area contributed by atoms with Gasteiger partial charge in [0.1, 0.15) is 11.3 Å². The number of para-hydroxylation sites is 3. The first-order valence-corrected chi connectivity index (χ1v) is 18.2. The van der Waals surface area contributed by atoms with Crippen LogP contribution in [0, 0.1) is 11.8 Å². The standard InChI is InChI=1S/C48H36N2O/c1-2-10-35(11-3-1)49-43-15-7-4-12-37(43)40-28-33(22-25-45(40)49)31-18-20-32(21-19-31)34-23-26-46-41(29-34)38-13-5-8-16-44(38)50(46)36-24-27-48-42(30-36)39-14-6-9-17-47(39)51-48/h1-29,36,38,41,44,46H,30H2. The molecule has 0 bridgehead atoms. The van der Waals surface area contributed by atoms with E-state index < -0.39 is 0 Å². The molecule has 3 aliphatic carbocycles. The number of rotatable bonds is 4. The fraction of sp³-hybridized carbons (Fsp3) is 0.125. The van der Waals surface area contributed by atoms with Gasteiger partial charge in [-0.1, -0.05) is 134 Å². The molecule has 5 aromatic carbocycles. The van der Waals surface area contributed by atoms with Crippen LogP contribution in [0.4, 0.5) is 0 Å². The average molecular weight is 657 g/mol. The first kappa shape index (κ1) is 28.9. The molecular weight excluding hydrogens is 621 g/mol. The predicted molar refractivity (Wildman–Crippen MR) is 211 cm³/mol. The molecule has 0 saturated carbocycles. The zero-order chi connectivity index (χ0) is 33.5. The maximum atomic E-state index is 6.21. The summed E-state index contributed by atoms with van der Waals surface area (Å²) >= 11 is 0. The van der Waals surface area contributed by atoms with Gasteiger partial charge in [0.2, 0.25) is 0 Å². The van der Waals surface area contributed by atoms with Crippen LogP contribution >= 0.6 is 0 Å². The van der Waals surface area contributed by atoms with Crippen molar-refractivity contribution in [1.82, 2.24) is 9.47 Å². The highest BCUT2D eigenvalue weighted by Crippen LogP contribution is 2.47. The van der Waals surface area contributed by atoms with Crippen molar-refractivity contribution < 1.29 is 4.42 Å². The molecule has 0 spiro atoms. The number of furan rings is 1. The Bertz CT molecular complexity index is 2650. The van der Waals surface area contributed by atoms with E-state index >= 15 is 0 Å². The Morgan fingerprint density at radius 1 is 0.549 bits per heavy atom. The largest absolute Gasteiger partial charge is 0.456 e. The van der Waals surface area contributed by atoms with Crippen LogP contribution in [0.1, 0.15) is 16.9 Å². The molecule has 1 aliphatic heterocycles. The van der Waals surface area contributed by atoms with Gasteiger partial charge in [0, 0.05) is 57.4 Å². The van der Waals surface area contributed by atoms with Crippen molar-refractivity contribution in [2.75, 3.05) is 0 Å². The van der Waals surface area contributed by atoms with E-state index in [-0.39, 0.29) is 0 Å². The maximum Gasteiger partial charge on any atom is 0.135 e. The van der Waals surface area contributed by atoms with Crippen LogP contribution in [-0.2, 0) is 6.42 Å². The molecule has 244 valence electrons. The quantitative estimate of drug-likeness (QED) is 0.188. The number of aromatic nitrogens is 1. The molecular formula is C48H36N2O. The van der Waals surface area contributed by atoms with E-state index in [2.05, 4.69) is 185 Å². The molecule has 1 saturated heterocycles. The number of nitrogens with zero attached hydrogens (tertiary/aromatic N) is 2. The Morgan fingerprint density at radius 3 is 2.18 bits per heavy atom. The third kappa shape index (κ3) is 4.48. The highest BCUT2D eigenvalue weighted by molar-refractivity contribution is 6.10. The van der Waals surface area contributed by atoms with Gasteiger partial charge in [-0.05, 0) is 71.2 Å². The van der Waals surface area contributed by atoms with Crippen molar-refractivity contribution in [3.05, 3.63) is 187 Å². The Morgan fingerprint density at radius 2 is 1.27 bits per heavy atom. The Balaban J connectivity index is 0.901. The maximum absolute atomic E-state index is 6.21. The zero-order valence-electron chi connectivity index (χ0n) is 28.1. The molecule has 0 N–H and O–H groups in total. The lowest BCUT2D eigenvalue weighted by Crippen LogP contribution is -2.45. The Kier molecular flexibility index (Phi) is 6.41. The van der Waals surface area contributed by atoms with Gasteiger partial charge in [0.25, 0.3) is 0 Å². The highest BCUT2D eigenvalue weighted by atomic mass is 16.3. The summed E-state index contributed by atoms with van der Waals surface area (Å²) in [4.78, 5) is 2.76. The molecule has 3 heteroatoms. The van der Waals surface area contributed by atoms with Gasteiger partial charge in [0.05, 0.1) is 11.0 Å². The molecule has 3 nitrogen and oxygen atoms in total. The van der Waals surface area contributed by atoms with Crippen LogP contribution in [-0.4, -0.2) is 27.6 Å². The van der Waals surface area contributed by atoms with Crippen molar-refractivity contribution in [2.24, 2.45) is 11.8 Å². The minimum absolute atomic E-state index is 0.315. The summed E-state index contributed by atoms with van der Waals surface area (Å²) in [5.74, 6) is 1.87. The van der Waals surface area contributed by atoms with Crippen LogP contribution in [0.5, 0.6) is 0 Å². The van der Waals surface area contributed by atoms with E-state index in [0.29, 0.717) is 30.0 Å². The third-order valence-electron chi connectivity index (χ3n) is 11.8. The van der Waals surface area contributed by atoms with Gasteiger partial charge >= 0.3 is 0 Å². The minimum Gasteiger partial charge on any atom is -0.456 e. The SMILES string of the molecule is C1=CC2C3C=C(c4ccc(-c5ccc6c(c5)c5ccccc5n6-c5ccccc5)cc4)C=CC3N(C3C=Cc4oc5ccccc5c4C3)C2C=C1. The molecule has 2 aromatic heterocycles. The third-order valence-corrected chi connectivity index (χ3v) is 11.8. The predicted octanol–water partition coefficient (Wildman–Crippen LogP) is 11.2. The van der Waals surface area contributed by atoms with E-state index in [0.717, 1.165) is 17.8 Å². The van der Waals surface area contributed by atoms with Gasteiger partial charge < -0.3 is 8.98 Å². The van der Waals surface area contributed by atoms with Crippen LogP contribution in [0.2, 0.25) is 0 Å². The second-order valence-electron chi connectivity index (χ2n) is 14.4. The Labute approximate surface area is 297 Å². The fourth-order valence-corrected chi connectivity index (χ4v) is 9.44. The first-order valence-electron chi connectivity index (χ1n) is 18.2. The van der Waals surface area contributed by atoms with Crippen molar-refractivity contribution >= 4 is 44.4 Å². The normalized spacial score (nSPS) is 23.5. The van der Waals surface area contributed by atoms with E-state index in [4.69, 9.17) is 4.42 Å². The lowest BCUT2D eigenvalue weighted by atomic mass is 9.80. The first-order chi connectivity index (χ1) is 25.3. The number of benzene rings is 5. The second kappa shape index (κ2) is 11.3. The number of hydrogen-bond donors (Lipinski definition) is 0. The lowest BCUT2D eigenvalue weighted by Gasteiger charge is -2.37. The highest BCUT2D eigenvalue weighted by Gasteiger charge is 2.48. The summed E-state index contributed by atoms with van der Waals surface area (Å²) in [5, 5.41) is 3.80. The summed E-state index contributed by atoms with van der Waals surface area (Å²) in [6, 6.07) is 45.0. The monoisotopic (exact) mass is 656 g/mol. The fourth-order valence-electron chi connectivity index (χ4n) is 9.44. The number of allylic oxidation sites excluding steroid dienone is 4. The zero-order valence-corrected chi connectivity index (χ0v) is 28.1. The lowest BCUT2D eigenvalue weighted by molar-refractivity contribution is 0.191. The van der Waals surface area contributed by atoms with Gasteiger partial charge in [-0.15, -0.1) is 0 Å². The Hall–Kier alpha value is -5.90. The molecule has 11 rings (SSSR count). The van der Waals surface area contributed by atoms with E-state index in [1.54, 1.807) is 0 Å². The van der Waals surface area contributed by atoms with Crippen LogP contribution in [0.25, 0.3) is 61.2 Å². The molecule has 3 heterocycles. The molecule has 1 fully saturated rings. The van der Waals surface area contributed by atoms with Gasteiger partial charge in [0.15, 0.2) is 0 Å². The minimum atomic E-state index is 0.315. The van der Waals surface area contributed by atoms with Crippen molar-refractivity contribution in [3.63, 3.8) is 0 Å². The molecule has 7 aromatic rings. The van der Waals surface area contributed by atoms with Crippen LogP contribution < -0.4 is 0 Å². The van der Waals surface area contributed by atoms with Crippen LogP contribution in [0.3, 0.4) is 0 Å². The van der Waals surface area contributed by atoms with E-state index in [9.17, 15) is 0 Å². The van der Waals surface area contributed by atoms with Gasteiger partial charge in [-0.25, -0.2) is 0 Å². The second-order valence-corrected chi connectivity index (χ2v) is 14.4. The summed E-state index contributed by atoms with van der Waals surface area (Å²) in [6.07, 6.45) is 22.3. The summed E-state index contributed by atoms with van der Waals surface area (Å²) in [7, 11) is 0. The van der Waals surface area contributed by atoms with Gasteiger partial charge in [-0.3, -0.25) is 4.90 Å². The molecule has 5 unspecified atom stereocenters. The van der Waals surface area contributed by atoms with Crippen LogP contribution in [0.15, 0.2) is 174 Å². The topological polar surface area (TPSA) is 21.3 Å². The van der Waals surface area contributed by atoms with E-state index in [1.165, 1.54) is 60.7 Å². The van der Waals surface area contributed by atoms with Crippen molar-refractivity contribution in [3.8, 4) is 16.8 Å². The molecule has 5 atom stereocenters. The average Bonchev–Trinajstić information content (AvgIpc) is 3.85. The smallest absolute Gasteiger partial charge is 0.135 e.